The van der Waals surface area contributed by atoms with Crippen molar-refractivity contribution in [3.05, 3.63) is 29.8 Å². The monoisotopic (exact) mass is 376 g/mol. The van der Waals surface area contributed by atoms with Crippen molar-refractivity contribution < 1.29 is 4.79 Å². The number of rotatable bonds is 7. The standard InChI is InChI=1S/C20H32N4OS/c1-15-11-16(2)14-24(13-15)20(22-8-10-26-9-7-21)23-19-6-4-5-18(12-19)17(3)25/h4-6,12,15-16H,7-11,13-14,21H2,1-3H3,(H,22,23). The number of nitrogens with zero attached hydrogens (tertiary/aromatic N) is 2. The Labute approximate surface area is 161 Å². The molecule has 0 aromatic heterocycles. The van der Waals surface area contributed by atoms with Gasteiger partial charge in [0, 0.05) is 42.4 Å². The summed E-state index contributed by atoms with van der Waals surface area (Å²) in [6.07, 6.45) is 1.26. The molecule has 2 atom stereocenters. The van der Waals surface area contributed by atoms with Crippen molar-refractivity contribution in [1.29, 1.82) is 0 Å². The number of hydrogen-bond donors (Lipinski definition) is 2. The first-order valence-corrected chi connectivity index (χ1v) is 10.6. The average Bonchev–Trinajstić information content (AvgIpc) is 2.60. The Balaban J connectivity index is 2.12. The molecular formula is C20H32N4OS. The average molecular weight is 377 g/mol. The lowest BCUT2D eigenvalue weighted by molar-refractivity contribution is 0.101. The highest BCUT2D eigenvalue weighted by atomic mass is 32.2. The predicted molar refractivity (Wildman–Crippen MR) is 113 cm³/mol. The number of anilines is 1. The summed E-state index contributed by atoms with van der Waals surface area (Å²) in [6, 6.07) is 7.65. The van der Waals surface area contributed by atoms with E-state index in [2.05, 4.69) is 24.1 Å². The minimum atomic E-state index is 0.0746. The van der Waals surface area contributed by atoms with E-state index in [1.165, 1.54) is 6.42 Å². The number of carbonyl (C=O) groups excluding carboxylic acids is 1. The van der Waals surface area contributed by atoms with Crippen molar-refractivity contribution in [2.75, 3.05) is 43.0 Å². The minimum absolute atomic E-state index is 0.0746. The molecule has 1 fully saturated rings. The fourth-order valence-electron chi connectivity index (χ4n) is 3.40. The van der Waals surface area contributed by atoms with Crippen LogP contribution in [0.25, 0.3) is 0 Å². The maximum Gasteiger partial charge on any atom is 0.198 e. The van der Waals surface area contributed by atoms with Crippen LogP contribution in [0.5, 0.6) is 0 Å². The number of ketones is 1. The second-order valence-electron chi connectivity index (χ2n) is 7.22. The van der Waals surface area contributed by atoms with Gasteiger partial charge in [-0.1, -0.05) is 26.0 Å². The second-order valence-corrected chi connectivity index (χ2v) is 8.44. The number of benzene rings is 1. The van der Waals surface area contributed by atoms with Crippen molar-refractivity contribution in [2.24, 2.45) is 22.6 Å². The molecule has 144 valence electrons. The van der Waals surface area contributed by atoms with Crippen molar-refractivity contribution in [3.63, 3.8) is 0 Å². The molecule has 0 bridgehead atoms. The maximum absolute atomic E-state index is 11.7. The zero-order valence-corrected chi connectivity index (χ0v) is 17.0. The molecule has 1 heterocycles. The molecule has 3 N–H and O–H groups in total. The van der Waals surface area contributed by atoms with E-state index < -0.39 is 0 Å². The molecule has 1 aliphatic rings. The highest BCUT2D eigenvalue weighted by molar-refractivity contribution is 7.99. The van der Waals surface area contributed by atoms with E-state index in [-0.39, 0.29) is 5.78 Å². The van der Waals surface area contributed by atoms with E-state index in [0.29, 0.717) is 23.9 Å². The summed E-state index contributed by atoms with van der Waals surface area (Å²) in [7, 11) is 0. The molecule has 0 amide bonds. The van der Waals surface area contributed by atoms with Crippen molar-refractivity contribution in [1.82, 2.24) is 4.90 Å². The van der Waals surface area contributed by atoms with Gasteiger partial charge in [0.1, 0.15) is 0 Å². The Bertz CT molecular complexity index is 610. The summed E-state index contributed by atoms with van der Waals surface area (Å²) < 4.78 is 0. The number of nitrogens with two attached hydrogens (primary N) is 1. The number of Topliss-reactive ketones (excluding diaryl/α,β-unsaturated/α-hetero) is 1. The van der Waals surface area contributed by atoms with Gasteiger partial charge in [0.05, 0.1) is 6.54 Å². The molecule has 6 heteroatoms. The lowest BCUT2D eigenvalue weighted by Crippen LogP contribution is -2.45. The van der Waals surface area contributed by atoms with Crippen LogP contribution in [0.2, 0.25) is 0 Å². The molecule has 1 aromatic carbocycles. The van der Waals surface area contributed by atoms with Crippen molar-refractivity contribution in [3.8, 4) is 0 Å². The van der Waals surface area contributed by atoms with Crippen LogP contribution in [-0.2, 0) is 0 Å². The van der Waals surface area contributed by atoms with Crippen molar-refractivity contribution in [2.45, 2.75) is 27.2 Å². The van der Waals surface area contributed by atoms with Gasteiger partial charge in [-0.25, -0.2) is 0 Å². The molecule has 0 spiro atoms. The molecule has 26 heavy (non-hydrogen) atoms. The van der Waals surface area contributed by atoms with Gasteiger partial charge in [0.25, 0.3) is 0 Å². The highest BCUT2D eigenvalue weighted by Gasteiger charge is 2.24. The third-order valence-corrected chi connectivity index (χ3v) is 5.45. The molecule has 2 unspecified atom stereocenters. The van der Waals surface area contributed by atoms with E-state index in [0.717, 1.165) is 42.8 Å². The Morgan fingerprint density at radius 2 is 2.04 bits per heavy atom. The van der Waals surface area contributed by atoms with Gasteiger partial charge < -0.3 is 16.0 Å². The summed E-state index contributed by atoms with van der Waals surface area (Å²) in [6.45, 7) is 9.69. The number of guanidine groups is 1. The topological polar surface area (TPSA) is 70.7 Å². The number of carbonyl (C=O) groups is 1. The van der Waals surface area contributed by atoms with E-state index >= 15 is 0 Å². The number of aliphatic imine (C=N–C) groups is 1. The Morgan fingerprint density at radius 3 is 2.69 bits per heavy atom. The first kappa shape index (κ1) is 20.8. The zero-order chi connectivity index (χ0) is 18.9. The third-order valence-electron chi connectivity index (χ3n) is 4.45. The zero-order valence-electron chi connectivity index (χ0n) is 16.2. The smallest absolute Gasteiger partial charge is 0.198 e. The Hall–Kier alpha value is -1.53. The molecular weight excluding hydrogens is 344 g/mol. The van der Waals surface area contributed by atoms with Crippen LogP contribution < -0.4 is 11.1 Å². The second kappa shape index (κ2) is 10.6. The first-order chi connectivity index (χ1) is 12.5. The van der Waals surface area contributed by atoms with Gasteiger partial charge in [0.15, 0.2) is 11.7 Å². The van der Waals surface area contributed by atoms with Gasteiger partial charge in [-0.3, -0.25) is 9.79 Å². The normalized spacial score (nSPS) is 20.9. The summed E-state index contributed by atoms with van der Waals surface area (Å²) in [5.74, 6) is 4.23. The highest BCUT2D eigenvalue weighted by Crippen LogP contribution is 2.22. The molecule has 1 aliphatic heterocycles. The van der Waals surface area contributed by atoms with Gasteiger partial charge >= 0.3 is 0 Å². The first-order valence-electron chi connectivity index (χ1n) is 9.44. The summed E-state index contributed by atoms with van der Waals surface area (Å²) in [4.78, 5) is 18.9. The molecule has 5 nitrogen and oxygen atoms in total. The van der Waals surface area contributed by atoms with Crippen LogP contribution in [-0.4, -0.2) is 54.3 Å². The fourth-order valence-corrected chi connectivity index (χ4v) is 3.99. The van der Waals surface area contributed by atoms with Gasteiger partial charge in [-0.15, -0.1) is 0 Å². The summed E-state index contributed by atoms with van der Waals surface area (Å²) in [5, 5.41) is 3.47. The lowest BCUT2D eigenvalue weighted by atomic mass is 9.92. The van der Waals surface area contributed by atoms with E-state index in [4.69, 9.17) is 10.7 Å². The molecule has 0 radical (unpaired) electrons. The minimum Gasteiger partial charge on any atom is -0.342 e. The molecule has 1 aromatic rings. The Kier molecular flexibility index (Phi) is 8.45. The van der Waals surface area contributed by atoms with E-state index in [1.807, 2.05) is 36.0 Å². The van der Waals surface area contributed by atoms with Crippen LogP contribution in [0.1, 0.15) is 37.6 Å². The maximum atomic E-state index is 11.7. The molecule has 0 saturated carbocycles. The lowest BCUT2D eigenvalue weighted by Gasteiger charge is -2.37. The Morgan fingerprint density at radius 1 is 1.31 bits per heavy atom. The largest absolute Gasteiger partial charge is 0.342 e. The van der Waals surface area contributed by atoms with E-state index in [9.17, 15) is 4.79 Å². The molecule has 0 aliphatic carbocycles. The number of likely N-dealkylation sites (tertiary alicyclic amines) is 1. The van der Waals surface area contributed by atoms with Crippen LogP contribution in [0.15, 0.2) is 29.3 Å². The van der Waals surface area contributed by atoms with E-state index in [1.54, 1.807) is 6.92 Å². The van der Waals surface area contributed by atoms with Crippen LogP contribution in [0, 0.1) is 11.8 Å². The SMILES string of the molecule is CC(=O)c1cccc(NC(=NCCSCCN)N2CC(C)CC(C)C2)c1. The molecule has 1 saturated heterocycles. The number of hydrogen-bond acceptors (Lipinski definition) is 4. The van der Waals surface area contributed by atoms with Crippen molar-refractivity contribution >= 4 is 29.2 Å². The number of thioether (sulfide) groups is 1. The van der Waals surface area contributed by atoms with Gasteiger partial charge in [-0.05, 0) is 37.3 Å². The molecule has 2 rings (SSSR count). The van der Waals surface area contributed by atoms with Crippen LogP contribution >= 0.6 is 11.8 Å². The summed E-state index contributed by atoms with van der Waals surface area (Å²) in [5.41, 5.74) is 7.18. The number of nitrogens with one attached hydrogen (secondary N) is 1. The van der Waals surface area contributed by atoms with Crippen LogP contribution in [0.3, 0.4) is 0 Å². The predicted octanol–water partition coefficient (Wildman–Crippen LogP) is 3.33. The third kappa shape index (κ3) is 6.65. The summed E-state index contributed by atoms with van der Waals surface area (Å²) >= 11 is 1.83. The number of piperidine rings is 1. The van der Waals surface area contributed by atoms with Gasteiger partial charge in [-0.2, -0.15) is 11.8 Å². The fraction of sp³-hybridized carbons (Fsp3) is 0.600. The quantitative estimate of drug-likeness (QED) is 0.331. The van der Waals surface area contributed by atoms with Crippen LogP contribution in [0.4, 0.5) is 5.69 Å². The van der Waals surface area contributed by atoms with Gasteiger partial charge in [0.2, 0.25) is 0 Å².